The lowest BCUT2D eigenvalue weighted by Crippen LogP contribution is -2.31. The Labute approximate surface area is 291 Å². The summed E-state index contributed by atoms with van der Waals surface area (Å²) >= 11 is 0. The maximum absolute atomic E-state index is 11.4. The molecular weight excluding hydrogens is 654 g/mol. The number of carbonyl (C=O) groups is 2. The fourth-order valence-electron chi connectivity index (χ4n) is 3.31. The second-order valence-corrected chi connectivity index (χ2v) is 9.94. The Morgan fingerprint density at radius 1 is 0.388 bits per heavy atom. The summed E-state index contributed by atoms with van der Waals surface area (Å²) in [6.45, 7) is 13.6. The third kappa shape index (κ3) is 44.4. The molecule has 0 heterocycles. The molecule has 0 aliphatic heterocycles. The number of nitrogens with one attached hydrogen (secondary N) is 1. The average molecular weight is 718 g/mol. The van der Waals surface area contributed by atoms with Crippen LogP contribution in [-0.2, 0) is 71.2 Å². The number of amides is 1. The van der Waals surface area contributed by atoms with Crippen LogP contribution in [-0.4, -0.2) is 195 Å². The number of carbonyl (C=O) groups excluding carboxylic acids is 1. The van der Waals surface area contributed by atoms with E-state index in [0.29, 0.717) is 159 Å². The van der Waals surface area contributed by atoms with E-state index in [0.717, 1.165) is 19.4 Å². The van der Waals surface area contributed by atoms with Crippen molar-refractivity contribution in [3.8, 4) is 0 Å². The predicted octanol–water partition coefficient (Wildman–Crippen LogP) is 0.203. The molecule has 0 fully saturated rings. The topological polar surface area (TPSA) is 186 Å². The molecule has 0 radical (unpaired) electrons. The number of ether oxygens (including phenoxy) is 13. The molecule has 0 saturated carbocycles. The van der Waals surface area contributed by atoms with Gasteiger partial charge in [0.05, 0.1) is 152 Å². The molecule has 0 rings (SSSR count). The minimum absolute atomic E-state index is 0.300. The summed E-state index contributed by atoms with van der Waals surface area (Å²) in [7, 11) is 0. The molecule has 0 unspecified atom stereocenters. The molecule has 0 aromatic heterocycles. The van der Waals surface area contributed by atoms with E-state index in [-0.39, 0.29) is 6.61 Å². The first-order valence-corrected chi connectivity index (χ1v) is 17.2. The molecule has 0 aromatic carbocycles. The van der Waals surface area contributed by atoms with Gasteiger partial charge in [0.15, 0.2) is 0 Å². The van der Waals surface area contributed by atoms with Crippen molar-refractivity contribution in [2.24, 2.45) is 0 Å². The van der Waals surface area contributed by atoms with E-state index in [2.05, 4.69) is 17.0 Å². The zero-order valence-corrected chi connectivity index (χ0v) is 29.6. The Balaban J connectivity index is 3.08. The molecule has 2 N–H and O–H groups in total. The first-order valence-electron chi connectivity index (χ1n) is 17.2. The summed E-state index contributed by atoms with van der Waals surface area (Å²) in [6.07, 6.45) is 2.23. The number of hydrogen-bond donors (Lipinski definition) is 2. The van der Waals surface area contributed by atoms with Crippen molar-refractivity contribution in [3.05, 3.63) is 0 Å². The maximum Gasteiger partial charge on any atom is 0.329 e. The second kappa shape index (κ2) is 42.6. The van der Waals surface area contributed by atoms with Gasteiger partial charge in [0.1, 0.15) is 13.2 Å². The van der Waals surface area contributed by atoms with Crippen molar-refractivity contribution in [2.45, 2.75) is 19.8 Å². The number of carboxylic acids is 1. The zero-order valence-electron chi connectivity index (χ0n) is 29.6. The van der Waals surface area contributed by atoms with Crippen LogP contribution >= 0.6 is 0 Å². The molecule has 292 valence electrons. The van der Waals surface area contributed by atoms with Gasteiger partial charge in [0, 0.05) is 13.2 Å². The van der Waals surface area contributed by atoms with Crippen LogP contribution in [0.5, 0.6) is 0 Å². The number of hydrogen-bond acceptors (Lipinski definition) is 15. The molecule has 0 bridgehead atoms. The van der Waals surface area contributed by atoms with Crippen LogP contribution in [0.2, 0.25) is 0 Å². The highest BCUT2D eigenvalue weighted by molar-refractivity contribution is 5.77. The van der Waals surface area contributed by atoms with E-state index in [1.807, 2.05) is 0 Å². The van der Waals surface area contributed by atoms with Crippen molar-refractivity contribution >= 4 is 11.9 Å². The van der Waals surface area contributed by atoms with Gasteiger partial charge in [0.25, 0.3) is 0 Å². The van der Waals surface area contributed by atoms with Gasteiger partial charge >= 0.3 is 5.97 Å². The van der Waals surface area contributed by atoms with E-state index in [9.17, 15) is 9.59 Å². The Morgan fingerprint density at radius 2 is 0.653 bits per heavy atom. The summed E-state index contributed by atoms with van der Waals surface area (Å²) < 4.78 is 69.9. The SMILES string of the molecule is CCCCOCCOCCOCCOCCOCCOCCOCCOCCOCCOCCOCCOCCNC(=O)COCC(=O)O. The van der Waals surface area contributed by atoms with Crippen molar-refractivity contribution < 1.29 is 76.3 Å². The first-order chi connectivity index (χ1) is 24.2. The van der Waals surface area contributed by atoms with Gasteiger partial charge in [-0.1, -0.05) is 13.3 Å². The summed E-state index contributed by atoms with van der Waals surface area (Å²) in [5.74, 6) is -1.52. The zero-order chi connectivity index (χ0) is 35.6. The molecular formula is C32H63NO16. The lowest BCUT2D eigenvalue weighted by atomic mass is 10.4. The highest BCUT2D eigenvalue weighted by Gasteiger charge is 2.03. The van der Waals surface area contributed by atoms with Gasteiger partial charge in [-0.25, -0.2) is 4.79 Å². The third-order valence-electron chi connectivity index (χ3n) is 5.76. The van der Waals surface area contributed by atoms with Gasteiger partial charge < -0.3 is 72.0 Å². The molecule has 17 nitrogen and oxygen atoms in total. The van der Waals surface area contributed by atoms with Gasteiger partial charge in [-0.2, -0.15) is 0 Å². The Morgan fingerprint density at radius 3 is 0.918 bits per heavy atom. The number of carboxylic acid groups (broad SMARTS) is 1. The van der Waals surface area contributed by atoms with E-state index in [4.69, 9.17) is 61.9 Å². The fraction of sp³-hybridized carbons (Fsp3) is 0.938. The van der Waals surface area contributed by atoms with E-state index in [1.54, 1.807) is 0 Å². The van der Waals surface area contributed by atoms with E-state index in [1.165, 1.54) is 0 Å². The molecule has 0 aliphatic carbocycles. The second-order valence-electron chi connectivity index (χ2n) is 9.94. The summed E-state index contributed by atoms with van der Waals surface area (Å²) in [5.41, 5.74) is 0. The minimum Gasteiger partial charge on any atom is -0.480 e. The Kier molecular flexibility index (Phi) is 41.2. The third-order valence-corrected chi connectivity index (χ3v) is 5.76. The van der Waals surface area contributed by atoms with Crippen LogP contribution in [0.25, 0.3) is 0 Å². The highest BCUT2D eigenvalue weighted by Crippen LogP contribution is 1.89. The van der Waals surface area contributed by atoms with Crippen LogP contribution in [0.4, 0.5) is 0 Å². The number of rotatable bonds is 43. The summed E-state index contributed by atoms with van der Waals surface area (Å²) in [6, 6.07) is 0. The molecule has 17 heteroatoms. The standard InChI is InChI=1S/C32H63NO16/c1-2-3-5-37-7-9-39-11-13-41-15-17-43-19-21-45-23-25-47-27-28-48-26-24-46-22-20-44-18-16-42-14-12-40-10-8-38-6-4-33-31(34)29-49-30-32(35)36/h2-30H2,1H3,(H,33,34)(H,35,36). The van der Waals surface area contributed by atoms with E-state index >= 15 is 0 Å². The largest absolute Gasteiger partial charge is 0.480 e. The van der Waals surface area contributed by atoms with Gasteiger partial charge in [-0.3, -0.25) is 4.79 Å². The smallest absolute Gasteiger partial charge is 0.329 e. The van der Waals surface area contributed by atoms with Crippen LogP contribution in [0.15, 0.2) is 0 Å². The molecule has 0 aliphatic rings. The lowest BCUT2D eigenvalue weighted by Gasteiger charge is -2.09. The number of aliphatic carboxylic acids is 1. The van der Waals surface area contributed by atoms with Crippen molar-refractivity contribution in [2.75, 3.05) is 178 Å². The van der Waals surface area contributed by atoms with Crippen LogP contribution in [0.1, 0.15) is 19.8 Å². The Hall–Kier alpha value is -1.58. The predicted molar refractivity (Wildman–Crippen MR) is 176 cm³/mol. The van der Waals surface area contributed by atoms with E-state index < -0.39 is 18.5 Å². The highest BCUT2D eigenvalue weighted by atomic mass is 16.6. The molecule has 0 atom stereocenters. The summed E-state index contributed by atoms with van der Waals surface area (Å²) in [4.78, 5) is 21.6. The lowest BCUT2D eigenvalue weighted by molar-refractivity contribution is -0.143. The fourth-order valence-corrected chi connectivity index (χ4v) is 3.31. The van der Waals surface area contributed by atoms with Crippen molar-refractivity contribution in [1.29, 1.82) is 0 Å². The normalized spacial score (nSPS) is 11.4. The minimum atomic E-state index is -1.12. The van der Waals surface area contributed by atoms with Crippen molar-refractivity contribution in [3.63, 3.8) is 0 Å². The molecule has 0 aromatic rings. The average Bonchev–Trinajstić information content (AvgIpc) is 3.09. The first kappa shape index (κ1) is 47.4. The quantitative estimate of drug-likeness (QED) is 0.0815. The molecule has 0 spiro atoms. The van der Waals surface area contributed by atoms with Gasteiger partial charge in [-0.15, -0.1) is 0 Å². The molecule has 1 amide bonds. The monoisotopic (exact) mass is 717 g/mol. The maximum atomic E-state index is 11.4. The molecule has 49 heavy (non-hydrogen) atoms. The van der Waals surface area contributed by atoms with Crippen LogP contribution < -0.4 is 5.32 Å². The Bertz CT molecular complexity index is 679. The van der Waals surface area contributed by atoms with Crippen molar-refractivity contribution in [1.82, 2.24) is 5.32 Å². The van der Waals surface area contributed by atoms with Crippen LogP contribution in [0, 0.1) is 0 Å². The van der Waals surface area contributed by atoms with Gasteiger partial charge in [0.2, 0.25) is 5.91 Å². The number of unbranched alkanes of at least 4 members (excludes halogenated alkanes) is 1. The summed E-state index contributed by atoms with van der Waals surface area (Å²) in [5, 5.41) is 11.0. The van der Waals surface area contributed by atoms with Crippen LogP contribution in [0.3, 0.4) is 0 Å². The molecule has 0 saturated heterocycles. The van der Waals surface area contributed by atoms with Gasteiger partial charge in [-0.05, 0) is 6.42 Å².